The summed E-state index contributed by atoms with van der Waals surface area (Å²) >= 11 is 0. The average molecular weight is 430 g/mol. The minimum absolute atomic E-state index is 0.0615. The van der Waals surface area contributed by atoms with Crippen LogP contribution in [-0.4, -0.2) is 33.3 Å². The lowest BCUT2D eigenvalue weighted by Crippen LogP contribution is -2.11. The maximum absolute atomic E-state index is 13.0. The highest BCUT2D eigenvalue weighted by atomic mass is 32.2. The molecular formula is C18H15FN6O4S. The van der Waals surface area contributed by atoms with Crippen molar-refractivity contribution >= 4 is 10.0 Å². The lowest BCUT2D eigenvalue weighted by Gasteiger charge is -2.06. The van der Waals surface area contributed by atoms with Gasteiger partial charge in [-0.1, -0.05) is 17.3 Å². The van der Waals surface area contributed by atoms with Crippen LogP contribution in [0.5, 0.6) is 5.88 Å². The zero-order valence-corrected chi connectivity index (χ0v) is 16.4. The molecule has 3 aromatic heterocycles. The molecular weight excluding hydrogens is 415 g/mol. The number of hydrogen-bond acceptors (Lipinski definition) is 8. The third kappa shape index (κ3) is 4.04. The predicted molar refractivity (Wildman–Crippen MR) is 102 cm³/mol. The Balaban J connectivity index is 1.61. The van der Waals surface area contributed by atoms with Crippen LogP contribution in [0.4, 0.5) is 4.39 Å². The summed E-state index contributed by atoms with van der Waals surface area (Å²) in [7, 11) is -2.15. The second kappa shape index (κ2) is 7.65. The van der Waals surface area contributed by atoms with E-state index in [2.05, 4.69) is 20.2 Å². The van der Waals surface area contributed by atoms with Gasteiger partial charge in [-0.05, 0) is 18.2 Å². The monoisotopic (exact) mass is 430 g/mol. The number of rotatable bonds is 6. The predicted octanol–water partition coefficient (Wildman–Crippen LogP) is 1.90. The molecule has 0 unspecified atom stereocenters. The molecule has 0 saturated carbocycles. The molecule has 4 aromatic rings. The van der Waals surface area contributed by atoms with Crippen LogP contribution in [0.1, 0.15) is 5.69 Å². The van der Waals surface area contributed by atoms with Crippen LogP contribution in [-0.2, 0) is 23.7 Å². The first-order chi connectivity index (χ1) is 14.3. The zero-order chi connectivity index (χ0) is 21.3. The van der Waals surface area contributed by atoms with Gasteiger partial charge in [0, 0.05) is 18.7 Å². The molecule has 12 heteroatoms. The number of primary sulfonamides is 1. The van der Waals surface area contributed by atoms with E-state index in [1.165, 1.54) is 36.5 Å². The summed E-state index contributed by atoms with van der Waals surface area (Å²) in [6, 6.07) is 8.55. The average Bonchev–Trinajstić information content (AvgIpc) is 3.34. The number of benzene rings is 1. The molecule has 10 nitrogen and oxygen atoms in total. The minimum Gasteiger partial charge on any atom is -0.471 e. The number of ether oxygens (including phenoxy) is 1. The topological polar surface area (TPSA) is 139 Å². The highest BCUT2D eigenvalue weighted by Crippen LogP contribution is 2.26. The molecule has 154 valence electrons. The molecule has 0 amide bonds. The van der Waals surface area contributed by atoms with Crippen molar-refractivity contribution in [3.8, 4) is 28.7 Å². The largest absolute Gasteiger partial charge is 0.471 e. The number of pyridine rings is 1. The van der Waals surface area contributed by atoms with Gasteiger partial charge in [0.15, 0.2) is 0 Å². The maximum atomic E-state index is 13.0. The molecule has 0 saturated heterocycles. The van der Waals surface area contributed by atoms with Crippen molar-refractivity contribution in [2.75, 3.05) is 0 Å². The van der Waals surface area contributed by atoms with Crippen LogP contribution in [0.3, 0.4) is 0 Å². The summed E-state index contributed by atoms with van der Waals surface area (Å²) in [6.07, 6.45) is 2.59. The summed E-state index contributed by atoms with van der Waals surface area (Å²) in [5, 5.41) is 13.3. The fraction of sp³-hybridized carbons (Fsp3) is 0.111. The molecule has 0 atom stereocenters. The summed E-state index contributed by atoms with van der Waals surface area (Å²) < 4.78 is 48.6. The molecule has 0 aliphatic carbocycles. The number of aromatic nitrogens is 5. The van der Waals surface area contributed by atoms with Crippen LogP contribution < -0.4 is 9.88 Å². The van der Waals surface area contributed by atoms with Crippen LogP contribution in [0.15, 0.2) is 58.2 Å². The standard InChI is InChI=1S/C18H15FN6O4S/c1-25-15(10-28-16-6-5-12(19)8-21-16)14(9-22-25)18-23-17(24-29-18)11-3-2-4-13(7-11)30(20,26)27/h2-9H,10H2,1H3,(H2,20,26,27). The Morgan fingerprint density at radius 2 is 2.07 bits per heavy atom. The Labute approximate surface area is 170 Å². The first-order valence-corrected chi connectivity index (χ1v) is 10.1. The van der Waals surface area contributed by atoms with E-state index in [1.54, 1.807) is 17.8 Å². The van der Waals surface area contributed by atoms with Crippen molar-refractivity contribution in [3.63, 3.8) is 0 Å². The van der Waals surface area contributed by atoms with Crippen LogP contribution in [0.2, 0.25) is 0 Å². The van der Waals surface area contributed by atoms with Gasteiger partial charge in [0.05, 0.1) is 28.5 Å². The van der Waals surface area contributed by atoms with E-state index in [0.717, 1.165) is 6.20 Å². The van der Waals surface area contributed by atoms with Gasteiger partial charge in [-0.15, -0.1) is 0 Å². The second-order valence-electron chi connectivity index (χ2n) is 6.23. The summed E-state index contributed by atoms with van der Waals surface area (Å²) in [5.41, 5.74) is 1.57. The van der Waals surface area contributed by atoms with E-state index >= 15 is 0 Å². The lowest BCUT2D eigenvalue weighted by atomic mass is 10.2. The normalized spacial score (nSPS) is 11.6. The molecule has 0 aliphatic heterocycles. The van der Waals surface area contributed by atoms with Gasteiger partial charge in [0.1, 0.15) is 12.4 Å². The Morgan fingerprint density at radius 3 is 2.80 bits per heavy atom. The van der Waals surface area contributed by atoms with Gasteiger partial charge < -0.3 is 9.26 Å². The minimum atomic E-state index is -3.86. The number of sulfonamides is 1. The van der Waals surface area contributed by atoms with Crippen molar-refractivity contribution in [2.24, 2.45) is 12.2 Å². The highest BCUT2D eigenvalue weighted by Gasteiger charge is 2.19. The quantitative estimate of drug-likeness (QED) is 0.489. The first kappa shape index (κ1) is 19.7. The van der Waals surface area contributed by atoms with Crippen molar-refractivity contribution in [3.05, 3.63) is 60.3 Å². The van der Waals surface area contributed by atoms with Crippen molar-refractivity contribution in [2.45, 2.75) is 11.5 Å². The van der Waals surface area contributed by atoms with Crippen LogP contribution >= 0.6 is 0 Å². The SMILES string of the molecule is Cn1ncc(-c2nc(-c3cccc(S(N)(=O)=O)c3)no2)c1COc1ccc(F)cn1. The van der Waals surface area contributed by atoms with Crippen molar-refractivity contribution < 1.29 is 22.1 Å². The fourth-order valence-electron chi connectivity index (χ4n) is 2.66. The number of nitrogens with zero attached hydrogens (tertiary/aromatic N) is 5. The number of aryl methyl sites for hydroxylation is 1. The molecule has 0 aliphatic rings. The zero-order valence-electron chi connectivity index (χ0n) is 15.6. The first-order valence-electron chi connectivity index (χ1n) is 8.54. The van der Waals surface area contributed by atoms with Gasteiger partial charge in [-0.3, -0.25) is 4.68 Å². The molecule has 4 rings (SSSR count). The summed E-state index contributed by atoms with van der Waals surface area (Å²) in [5.74, 6) is 0.138. The molecule has 0 bridgehead atoms. The highest BCUT2D eigenvalue weighted by molar-refractivity contribution is 7.89. The van der Waals surface area contributed by atoms with Gasteiger partial charge >= 0.3 is 0 Å². The third-order valence-electron chi connectivity index (χ3n) is 4.20. The smallest absolute Gasteiger partial charge is 0.261 e. The van der Waals surface area contributed by atoms with E-state index in [4.69, 9.17) is 14.4 Å². The molecule has 2 N–H and O–H groups in total. The van der Waals surface area contributed by atoms with Gasteiger partial charge in [0.25, 0.3) is 5.89 Å². The van der Waals surface area contributed by atoms with Gasteiger partial charge in [-0.25, -0.2) is 22.9 Å². The Morgan fingerprint density at radius 1 is 1.23 bits per heavy atom. The molecule has 1 aromatic carbocycles. The Hall–Kier alpha value is -3.64. The number of hydrogen-bond donors (Lipinski definition) is 1. The summed E-state index contributed by atoms with van der Waals surface area (Å²) in [4.78, 5) is 8.11. The Kier molecular flexibility index (Phi) is 5.01. The molecule has 30 heavy (non-hydrogen) atoms. The van der Waals surface area contributed by atoms with E-state index in [9.17, 15) is 12.8 Å². The second-order valence-corrected chi connectivity index (χ2v) is 7.79. The van der Waals surface area contributed by atoms with E-state index < -0.39 is 15.8 Å². The third-order valence-corrected chi connectivity index (χ3v) is 5.11. The molecule has 0 spiro atoms. The fourth-order valence-corrected chi connectivity index (χ4v) is 3.22. The maximum Gasteiger partial charge on any atom is 0.261 e. The van der Waals surface area contributed by atoms with E-state index in [1.807, 2.05) is 0 Å². The van der Waals surface area contributed by atoms with E-state index in [0.29, 0.717) is 16.8 Å². The number of nitrogens with two attached hydrogens (primary N) is 1. The van der Waals surface area contributed by atoms with Crippen LogP contribution in [0, 0.1) is 5.82 Å². The number of halogens is 1. The van der Waals surface area contributed by atoms with Gasteiger partial charge in [0.2, 0.25) is 21.7 Å². The molecule has 3 heterocycles. The Bertz CT molecular complexity index is 1300. The molecule has 0 fully saturated rings. The van der Waals surface area contributed by atoms with Crippen molar-refractivity contribution in [1.82, 2.24) is 24.9 Å². The molecule has 0 radical (unpaired) electrons. The van der Waals surface area contributed by atoms with Crippen molar-refractivity contribution in [1.29, 1.82) is 0 Å². The van der Waals surface area contributed by atoms with Gasteiger partial charge in [-0.2, -0.15) is 10.1 Å². The van der Waals surface area contributed by atoms with E-state index in [-0.39, 0.29) is 29.1 Å². The van der Waals surface area contributed by atoms with Crippen LogP contribution in [0.25, 0.3) is 22.8 Å². The summed E-state index contributed by atoms with van der Waals surface area (Å²) in [6.45, 7) is 0.0725. The lowest BCUT2D eigenvalue weighted by molar-refractivity contribution is 0.282.